The Morgan fingerprint density at radius 1 is 1.50 bits per heavy atom. The molecule has 0 spiro atoms. The van der Waals surface area contributed by atoms with E-state index in [-0.39, 0.29) is 6.61 Å². The molecule has 0 aliphatic carbocycles. The Morgan fingerprint density at radius 2 is 2.21 bits per heavy atom. The van der Waals surface area contributed by atoms with Gasteiger partial charge >= 0.3 is 0 Å². The fraction of sp³-hybridized carbons (Fsp3) is 0.545. The second-order valence-electron chi connectivity index (χ2n) is 3.86. The van der Waals surface area contributed by atoms with Crippen molar-refractivity contribution in [2.75, 3.05) is 0 Å². The zero-order chi connectivity index (χ0) is 10.6. The van der Waals surface area contributed by atoms with E-state index in [1.807, 2.05) is 4.57 Å². The topological polar surface area (TPSA) is 42.2 Å². The van der Waals surface area contributed by atoms with Gasteiger partial charge in [-0.05, 0) is 24.5 Å². The summed E-state index contributed by atoms with van der Waals surface area (Å²) in [6.07, 6.45) is 1.85. The van der Waals surface area contributed by atoms with Gasteiger partial charge in [-0.25, -0.2) is 0 Å². The molecule has 0 saturated heterocycles. The van der Waals surface area contributed by atoms with E-state index < -0.39 is 0 Å². The number of hydrogen-bond acceptors (Lipinski definition) is 2. The summed E-state index contributed by atoms with van der Waals surface area (Å²) in [7, 11) is 0. The smallest absolute Gasteiger partial charge is 0.166 e. The van der Waals surface area contributed by atoms with Crippen LogP contribution in [0.2, 0.25) is 0 Å². The first-order valence-corrected chi connectivity index (χ1v) is 4.93. The van der Waals surface area contributed by atoms with Crippen LogP contribution in [0.15, 0.2) is 12.1 Å². The molecule has 1 heterocycles. The number of aromatic nitrogens is 1. The number of carbonyl (C=O) groups is 1. The van der Waals surface area contributed by atoms with Crippen molar-refractivity contribution in [1.82, 2.24) is 4.57 Å². The highest BCUT2D eigenvalue weighted by Crippen LogP contribution is 2.11. The molecule has 3 heteroatoms. The van der Waals surface area contributed by atoms with Gasteiger partial charge in [0.1, 0.15) is 0 Å². The van der Waals surface area contributed by atoms with Gasteiger partial charge in [0.25, 0.3) is 0 Å². The van der Waals surface area contributed by atoms with Gasteiger partial charge in [-0.2, -0.15) is 0 Å². The average molecular weight is 195 g/mol. The molecular formula is C11H17NO2. The lowest BCUT2D eigenvalue weighted by atomic mass is 10.1. The molecule has 1 rings (SSSR count). The first kappa shape index (κ1) is 11.0. The fourth-order valence-corrected chi connectivity index (χ4v) is 1.43. The van der Waals surface area contributed by atoms with E-state index in [9.17, 15) is 4.79 Å². The van der Waals surface area contributed by atoms with Crippen LogP contribution in [0.5, 0.6) is 0 Å². The first-order valence-electron chi connectivity index (χ1n) is 4.93. The highest BCUT2D eigenvalue weighted by atomic mass is 16.3. The van der Waals surface area contributed by atoms with Gasteiger partial charge in [0.2, 0.25) is 0 Å². The molecule has 0 aromatic carbocycles. The summed E-state index contributed by atoms with van der Waals surface area (Å²) in [5, 5.41) is 9.06. The molecule has 0 saturated carbocycles. The van der Waals surface area contributed by atoms with Gasteiger partial charge in [-0.15, -0.1) is 0 Å². The normalized spacial score (nSPS) is 10.9. The lowest BCUT2D eigenvalue weighted by Crippen LogP contribution is -2.08. The second kappa shape index (κ2) is 4.96. The van der Waals surface area contributed by atoms with Crippen LogP contribution in [0.4, 0.5) is 0 Å². The third-order valence-electron chi connectivity index (χ3n) is 2.32. The van der Waals surface area contributed by atoms with Crippen LogP contribution >= 0.6 is 0 Å². The Hall–Kier alpha value is -1.09. The van der Waals surface area contributed by atoms with Crippen molar-refractivity contribution >= 4 is 6.29 Å². The SMILES string of the molecule is CC(C)CCn1c(C=O)ccc1CO. The maximum absolute atomic E-state index is 10.7. The van der Waals surface area contributed by atoms with Gasteiger partial charge in [0.05, 0.1) is 12.3 Å². The molecule has 1 aromatic heterocycles. The van der Waals surface area contributed by atoms with Crippen LogP contribution in [0.3, 0.4) is 0 Å². The number of aliphatic hydroxyl groups excluding tert-OH is 1. The quantitative estimate of drug-likeness (QED) is 0.728. The number of nitrogens with zero attached hydrogens (tertiary/aromatic N) is 1. The van der Waals surface area contributed by atoms with E-state index >= 15 is 0 Å². The Labute approximate surface area is 84.4 Å². The molecule has 0 unspecified atom stereocenters. The van der Waals surface area contributed by atoms with Crippen molar-refractivity contribution < 1.29 is 9.90 Å². The molecule has 0 amide bonds. The van der Waals surface area contributed by atoms with Gasteiger partial charge in [0, 0.05) is 12.2 Å². The summed E-state index contributed by atoms with van der Waals surface area (Å²) >= 11 is 0. The number of rotatable bonds is 5. The van der Waals surface area contributed by atoms with Crippen molar-refractivity contribution in [2.45, 2.75) is 33.4 Å². The third kappa shape index (κ3) is 2.45. The molecule has 0 bridgehead atoms. The molecule has 0 radical (unpaired) electrons. The summed E-state index contributed by atoms with van der Waals surface area (Å²) in [4.78, 5) is 10.7. The maximum Gasteiger partial charge on any atom is 0.166 e. The molecule has 1 N–H and O–H groups in total. The van der Waals surface area contributed by atoms with Crippen LogP contribution in [0.25, 0.3) is 0 Å². The highest BCUT2D eigenvalue weighted by molar-refractivity contribution is 5.72. The van der Waals surface area contributed by atoms with Gasteiger partial charge in [0.15, 0.2) is 6.29 Å². The monoisotopic (exact) mass is 195 g/mol. The van der Waals surface area contributed by atoms with E-state index in [0.29, 0.717) is 11.6 Å². The van der Waals surface area contributed by atoms with Crippen molar-refractivity contribution in [2.24, 2.45) is 5.92 Å². The Bertz CT molecular complexity index is 302. The molecule has 1 aromatic rings. The summed E-state index contributed by atoms with van der Waals surface area (Å²) in [5.41, 5.74) is 1.46. The predicted octanol–water partition coefficient (Wildman–Crippen LogP) is 1.84. The standard InChI is InChI=1S/C11H17NO2/c1-9(2)5-6-12-10(7-13)3-4-11(12)8-14/h3-4,7,9,14H,5-6,8H2,1-2H3. The molecule has 3 nitrogen and oxygen atoms in total. The predicted molar refractivity (Wildman–Crippen MR) is 55.2 cm³/mol. The highest BCUT2D eigenvalue weighted by Gasteiger charge is 2.06. The zero-order valence-corrected chi connectivity index (χ0v) is 8.73. The molecule has 14 heavy (non-hydrogen) atoms. The van der Waals surface area contributed by atoms with Crippen molar-refractivity contribution in [1.29, 1.82) is 0 Å². The van der Waals surface area contributed by atoms with Crippen LogP contribution < -0.4 is 0 Å². The molecule has 0 atom stereocenters. The molecule has 0 fully saturated rings. The van der Waals surface area contributed by atoms with Crippen LogP contribution in [-0.2, 0) is 13.2 Å². The number of aldehydes is 1. The lowest BCUT2D eigenvalue weighted by molar-refractivity contribution is 0.111. The fourth-order valence-electron chi connectivity index (χ4n) is 1.43. The largest absolute Gasteiger partial charge is 0.390 e. The van der Waals surface area contributed by atoms with Crippen LogP contribution in [0.1, 0.15) is 36.5 Å². The van der Waals surface area contributed by atoms with Crippen molar-refractivity contribution in [3.05, 3.63) is 23.5 Å². The molecular weight excluding hydrogens is 178 g/mol. The van der Waals surface area contributed by atoms with Gasteiger partial charge in [-0.1, -0.05) is 13.8 Å². The Kier molecular flexibility index (Phi) is 3.89. The number of hydrogen-bond donors (Lipinski definition) is 1. The summed E-state index contributed by atoms with van der Waals surface area (Å²) in [5.74, 6) is 0.600. The summed E-state index contributed by atoms with van der Waals surface area (Å²) in [6.45, 7) is 5.08. The lowest BCUT2D eigenvalue weighted by Gasteiger charge is -2.11. The van der Waals surface area contributed by atoms with E-state index in [4.69, 9.17) is 5.11 Å². The second-order valence-corrected chi connectivity index (χ2v) is 3.86. The first-order chi connectivity index (χ1) is 6.69. The zero-order valence-electron chi connectivity index (χ0n) is 8.73. The van der Waals surface area contributed by atoms with Crippen molar-refractivity contribution in [3.8, 4) is 0 Å². The average Bonchev–Trinajstić information content (AvgIpc) is 2.56. The van der Waals surface area contributed by atoms with E-state index in [2.05, 4.69) is 13.8 Å². The van der Waals surface area contributed by atoms with Gasteiger partial charge < -0.3 is 9.67 Å². The van der Waals surface area contributed by atoms with Gasteiger partial charge in [-0.3, -0.25) is 4.79 Å². The minimum atomic E-state index is -0.00800. The van der Waals surface area contributed by atoms with E-state index in [1.54, 1.807) is 12.1 Å². The Balaban J connectivity index is 2.80. The van der Waals surface area contributed by atoms with Crippen LogP contribution in [0, 0.1) is 5.92 Å². The minimum Gasteiger partial charge on any atom is -0.390 e. The van der Waals surface area contributed by atoms with Crippen molar-refractivity contribution in [3.63, 3.8) is 0 Å². The Morgan fingerprint density at radius 3 is 2.71 bits per heavy atom. The molecule has 78 valence electrons. The van der Waals surface area contributed by atoms with Crippen LogP contribution in [-0.4, -0.2) is 16.0 Å². The molecule has 0 aliphatic rings. The minimum absolute atomic E-state index is 0.00800. The summed E-state index contributed by atoms with van der Waals surface area (Å²) < 4.78 is 1.88. The third-order valence-corrected chi connectivity index (χ3v) is 2.32. The maximum atomic E-state index is 10.7. The molecule has 0 aliphatic heterocycles. The number of aliphatic hydroxyl groups is 1. The number of carbonyl (C=O) groups excluding carboxylic acids is 1. The summed E-state index contributed by atoms with van der Waals surface area (Å²) in [6, 6.07) is 3.54. The van der Waals surface area contributed by atoms with E-state index in [1.165, 1.54) is 0 Å². The van der Waals surface area contributed by atoms with E-state index in [0.717, 1.165) is 24.9 Å².